The van der Waals surface area contributed by atoms with Crippen molar-refractivity contribution in [2.45, 2.75) is 135 Å². The number of carbonyl (C=O) groups is 2. The molecule has 64 heavy (non-hydrogen) atoms. The number of nitriles is 1. The first kappa shape index (κ1) is 51.3. The third kappa shape index (κ3) is 10.9. The highest BCUT2D eigenvalue weighted by atomic mass is 16.7. The number of nitrogens with zero attached hydrogens (tertiary/aromatic N) is 3. The molecule has 0 aliphatic carbocycles. The molecule has 9 nitrogen and oxygen atoms in total. The lowest BCUT2D eigenvalue weighted by molar-refractivity contribution is -0.202. The summed E-state index contributed by atoms with van der Waals surface area (Å²) in [6, 6.07) is 33.1. The van der Waals surface area contributed by atoms with Gasteiger partial charge >= 0.3 is 11.9 Å². The highest BCUT2D eigenvalue weighted by Crippen LogP contribution is 2.62. The van der Waals surface area contributed by atoms with Crippen LogP contribution >= 0.6 is 0 Å². The molecule has 0 aromatic heterocycles. The Morgan fingerprint density at radius 1 is 0.531 bits per heavy atom. The van der Waals surface area contributed by atoms with Gasteiger partial charge in [0, 0.05) is 5.41 Å². The lowest BCUT2D eigenvalue weighted by Gasteiger charge is -2.57. The van der Waals surface area contributed by atoms with E-state index in [1.165, 1.54) is 0 Å². The Balaban J connectivity index is 1.44. The van der Waals surface area contributed by atoms with E-state index in [4.69, 9.17) is 18.9 Å². The number of benzene rings is 4. The number of ether oxygens (including phenoxy) is 4. The number of azo groups is 1. The van der Waals surface area contributed by atoms with Crippen molar-refractivity contribution in [3.05, 3.63) is 125 Å². The quantitative estimate of drug-likeness (QED) is 0.0588. The molecule has 0 amide bonds. The molecule has 344 valence electrons. The van der Waals surface area contributed by atoms with Crippen molar-refractivity contribution in [3.8, 4) is 11.8 Å². The molecule has 0 heterocycles. The summed E-state index contributed by atoms with van der Waals surface area (Å²) >= 11 is 0. The first-order chi connectivity index (χ1) is 29.4. The maximum atomic E-state index is 14.5. The van der Waals surface area contributed by atoms with Gasteiger partial charge in [0.15, 0.2) is 6.79 Å². The van der Waals surface area contributed by atoms with Crippen LogP contribution in [0.5, 0.6) is 5.75 Å². The van der Waals surface area contributed by atoms with Gasteiger partial charge in [-0.15, -0.1) is 0 Å². The SMILES string of the molecule is Cc1ccc(N=Nc2ccc(OCOC(=O)C(C)(C(C)(C)C)C(C)(C)CC(C)(C)C(C)(C(=O)OCOC(C)(C)c3ccc(C(C)(C)c4ccc(C#N)cc4)cc3)C(C)(C)C)cc2)cc1. The Morgan fingerprint density at radius 3 is 1.34 bits per heavy atom. The number of aryl methyl sites for hydroxylation is 1. The predicted molar refractivity (Wildman–Crippen MR) is 255 cm³/mol. The van der Waals surface area contributed by atoms with E-state index >= 15 is 0 Å². The highest BCUT2D eigenvalue weighted by molar-refractivity contribution is 5.80. The fourth-order valence-electron chi connectivity index (χ4n) is 9.16. The van der Waals surface area contributed by atoms with Gasteiger partial charge in [0.1, 0.15) is 5.75 Å². The molecule has 2 unspecified atom stereocenters. The molecule has 0 aliphatic rings. The van der Waals surface area contributed by atoms with E-state index in [9.17, 15) is 14.9 Å². The zero-order valence-electron chi connectivity index (χ0n) is 41.7. The molecule has 0 aliphatic heterocycles. The van der Waals surface area contributed by atoms with Crippen molar-refractivity contribution >= 4 is 23.3 Å². The zero-order chi connectivity index (χ0) is 48.2. The van der Waals surface area contributed by atoms with Crippen LogP contribution < -0.4 is 4.74 Å². The van der Waals surface area contributed by atoms with Crippen LogP contribution in [0.1, 0.15) is 145 Å². The van der Waals surface area contributed by atoms with Gasteiger partial charge in [-0.3, -0.25) is 9.59 Å². The van der Waals surface area contributed by atoms with Crippen LogP contribution in [0.3, 0.4) is 0 Å². The fraction of sp³-hybridized carbons (Fsp3) is 0.509. The average molecular weight is 872 g/mol. The van der Waals surface area contributed by atoms with Crippen molar-refractivity contribution in [2.24, 2.45) is 42.7 Å². The third-order valence-electron chi connectivity index (χ3n) is 14.6. The van der Waals surface area contributed by atoms with E-state index in [-0.39, 0.29) is 30.9 Å². The minimum absolute atomic E-state index is 0.234. The van der Waals surface area contributed by atoms with E-state index in [2.05, 4.69) is 103 Å². The van der Waals surface area contributed by atoms with Crippen molar-refractivity contribution in [3.63, 3.8) is 0 Å². The Hall–Kier alpha value is -5.33. The Bertz CT molecular complexity index is 2290. The van der Waals surface area contributed by atoms with Crippen LogP contribution in [0.15, 0.2) is 107 Å². The first-order valence-electron chi connectivity index (χ1n) is 22.2. The molecule has 0 saturated heterocycles. The third-order valence-corrected chi connectivity index (χ3v) is 14.6. The summed E-state index contributed by atoms with van der Waals surface area (Å²) in [5.74, 6) is -0.220. The van der Waals surface area contributed by atoms with Crippen LogP contribution in [-0.2, 0) is 34.8 Å². The van der Waals surface area contributed by atoms with Crippen LogP contribution in [0.2, 0.25) is 0 Å². The van der Waals surface area contributed by atoms with Gasteiger partial charge in [0.25, 0.3) is 0 Å². The van der Waals surface area contributed by atoms with Crippen molar-refractivity contribution in [1.82, 2.24) is 0 Å². The molecule has 0 radical (unpaired) electrons. The van der Waals surface area contributed by atoms with E-state index < -0.39 is 38.1 Å². The molecule has 0 N–H and O–H groups in total. The van der Waals surface area contributed by atoms with Gasteiger partial charge in [-0.05, 0) is 128 Å². The number of esters is 2. The van der Waals surface area contributed by atoms with Crippen molar-refractivity contribution < 1.29 is 28.5 Å². The number of rotatable bonds is 17. The minimum atomic E-state index is -1.01. The first-order valence-corrected chi connectivity index (χ1v) is 22.2. The standard InChI is InChI=1S/C55H73N3O6/c1-38-18-28-43(29-19-38)57-58-44-30-32-45(33-31-44)61-36-62-46(59)54(16,48(2,3)4)50(8,9)35-51(10,11)55(17,49(5,6)7)47(60)63-37-64-53(14,15)42-26-24-41(25-27-42)52(12,13)40-22-20-39(34-56)21-23-40/h18-33H,35-37H2,1-17H3. The van der Waals surface area contributed by atoms with Gasteiger partial charge in [0.2, 0.25) is 6.79 Å². The Morgan fingerprint density at radius 2 is 0.922 bits per heavy atom. The molecule has 0 spiro atoms. The maximum absolute atomic E-state index is 14.5. The Kier molecular flexibility index (Phi) is 15.3. The summed E-state index contributed by atoms with van der Waals surface area (Å²) in [4.78, 5) is 28.9. The number of carbonyl (C=O) groups excluding carboxylic acids is 2. The second kappa shape index (κ2) is 19.0. The van der Waals surface area contributed by atoms with E-state index in [0.29, 0.717) is 23.4 Å². The monoisotopic (exact) mass is 872 g/mol. The van der Waals surface area contributed by atoms with Crippen LogP contribution in [0.25, 0.3) is 0 Å². The van der Waals surface area contributed by atoms with Gasteiger partial charge < -0.3 is 18.9 Å². The number of hydrogen-bond donors (Lipinski definition) is 0. The van der Waals surface area contributed by atoms with Crippen LogP contribution in [0, 0.1) is 50.7 Å². The molecule has 2 atom stereocenters. The molecule has 4 aromatic carbocycles. The molecule has 0 saturated carbocycles. The summed E-state index contributed by atoms with van der Waals surface area (Å²) < 4.78 is 24.2. The van der Waals surface area contributed by atoms with Crippen molar-refractivity contribution in [2.75, 3.05) is 13.6 Å². The number of hydrogen-bond acceptors (Lipinski definition) is 9. The van der Waals surface area contributed by atoms with Gasteiger partial charge in [0.05, 0.1) is 39.4 Å². The van der Waals surface area contributed by atoms with Gasteiger partial charge in [-0.2, -0.15) is 15.5 Å². The van der Waals surface area contributed by atoms with Crippen LogP contribution in [-0.4, -0.2) is 25.5 Å². The molecular weight excluding hydrogens is 799 g/mol. The van der Waals surface area contributed by atoms with E-state index in [0.717, 1.165) is 27.9 Å². The molecule has 0 bridgehead atoms. The fourth-order valence-corrected chi connectivity index (χ4v) is 9.16. The summed E-state index contributed by atoms with van der Waals surface area (Å²) in [6.07, 6.45) is 0.489. The van der Waals surface area contributed by atoms with E-state index in [1.807, 2.05) is 104 Å². The second-order valence-electron chi connectivity index (χ2n) is 22.0. The highest BCUT2D eigenvalue weighted by Gasteiger charge is 2.62. The molecule has 0 fully saturated rings. The van der Waals surface area contributed by atoms with E-state index in [1.54, 1.807) is 24.3 Å². The Labute approximate surface area is 384 Å². The molecule has 4 rings (SSSR count). The summed E-state index contributed by atoms with van der Waals surface area (Å²) in [5.41, 5.74) is 0.891. The molecule has 4 aromatic rings. The normalized spacial score (nSPS) is 14.9. The lowest BCUT2D eigenvalue weighted by atomic mass is 9.46. The average Bonchev–Trinajstić information content (AvgIpc) is 3.21. The van der Waals surface area contributed by atoms with Crippen LogP contribution in [0.4, 0.5) is 11.4 Å². The van der Waals surface area contributed by atoms with Gasteiger partial charge in [-0.25, -0.2) is 0 Å². The summed E-state index contributed by atoms with van der Waals surface area (Å²) in [6.45, 7) is 34.4. The second-order valence-corrected chi connectivity index (χ2v) is 22.0. The van der Waals surface area contributed by atoms with Crippen molar-refractivity contribution in [1.29, 1.82) is 5.26 Å². The molecule has 9 heteroatoms. The zero-order valence-corrected chi connectivity index (χ0v) is 41.7. The molecular formula is C55H73N3O6. The predicted octanol–water partition coefficient (Wildman–Crippen LogP) is 14.5. The smallest absolute Gasteiger partial charge is 0.315 e. The largest absolute Gasteiger partial charge is 0.457 e. The lowest BCUT2D eigenvalue weighted by Crippen LogP contribution is -2.58. The maximum Gasteiger partial charge on any atom is 0.315 e. The summed E-state index contributed by atoms with van der Waals surface area (Å²) in [5, 5.41) is 17.8. The minimum Gasteiger partial charge on any atom is -0.457 e. The van der Waals surface area contributed by atoms with Gasteiger partial charge in [-0.1, -0.05) is 137 Å². The topological polar surface area (TPSA) is 120 Å². The summed E-state index contributed by atoms with van der Waals surface area (Å²) in [7, 11) is 0.